The molecule has 1 aromatic carbocycles. The SMILES string of the molecule is CN=C(NCCNS(=O)(=O)c1ccc(Cl)s1)N(C)Cc1ccc2c(c1)OCO2.I. The molecule has 0 saturated carbocycles. The minimum atomic E-state index is -3.55. The molecule has 0 bridgehead atoms. The second kappa shape index (κ2) is 10.7. The molecule has 0 amide bonds. The first-order valence-electron chi connectivity index (χ1n) is 8.44. The van der Waals surface area contributed by atoms with E-state index in [0.29, 0.717) is 23.4 Å². The van der Waals surface area contributed by atoms with Gasteiger partial charge in [-0.15, -0.1) is 35.3 Å². The number of fused-ring (bicyclic) bond motifs is 1. The number of halogens is 2. The monoisotopic (exact) mass is 572 g/mol. The lowest BCUT2D eigenvalue weighted by atomic mass is 10.2. The van der Waals surface area contributed by atoms with E-state index in [1.165, 1.54) is 6.07 Å². The molecular weight excluding hydrogens is 551 g/mol. The molecule has 1 aliphatic rings. The first-order valence-corrected chi connectivity index (χ1v) is 11.1. The lowest BCUT2D eigenvalue weighted by Crippen LogP contribution is -2.42. The smallest absolute Gasteiger partial charge is 0.250 e. The Morgan fingerprint density at radius 2 is 2.00 bits per heavy atom. The minimum Gasteiger partial charge on any atom is -0.454 e. The van der Waals surface area contributed by atoms with Crippen LogP contribution < -0.4 is 19.5 Å². The predicted molar refractivity (Wildman–Crippen MR) is 125 cm³/mol. The van der Waals surface area contributed by atoms with Crippen molar-refractivity contribution in [1.82, 2.24) is 14.9 Å². The Bertz CT molecular complexity index is 968. The Hall–Kier alpha value is -1.28. The topological polar surface area (TPSA) is 92.3 Å². The highest BCUT2D eigenvalue weighted by molar-refractivity contribution is 14.0. The molecule has 1 aliphatic heterocycles. The number of ether oxygens (including phenoxy) is 2. The lowest BCUT2D eigenvalue weighted by molar-refractivity contribution is 0.174. The fourth-order valence-electron chi connectivity index (χ4n) is 2.65. The van der Waals surface area contributed by atoms with Crippen molar-refractivity contribution in [3.63, 3.8) is 0 Å². The molecule has 0 atom stereocenters. The molecule has 3 rings (SSSR count). The van der Waals surface area contributed by atoms with E-state index in [9.17, 15) is 8.42 Å². The van der Waals surface area contributed by atoms with Crippen molar-refractivity contribution in [1.29, 1.82) is 0 Å². The Morgan fingerprint density at radius 3 is 2.69 bits per heavy atom. The molecule has 0 aliphatic carbocycles. The molecule has 2 heterocycles. The van der Waals surface area contributed by atoms with Crippen molar-refractivity contribution < 1.29 is 17.9 Å². The number of guanidine groups is 1. The van der Waals surface area contributed by atoms with Gasteiger partial charge in [0, 0.05) is 33.7 Å². The molecule has 0 unspecified atom stereocenters. The molecule has 0 saturated heterocycles. The van der Waals surface area contributed by atoms with E-state index < -0.39 is 10.0 Å². The first-order chi connectivity index (χ1) is 13.4. The maximum Gasteiger partial charge on any atom is 0.250 e. The number of rotatable bonds is 7. The third kappa shape index (κ3) is 6.35. The summed E-state index contributed by atoms with van der Waals surface area (Å²) in [5.74, 6) is 2.13. The molecule has 2 N–H and O–H groups in total. The first kappa shape index (κ1) is 24.0. The van der Waals surface area contributed by atoms with Crippen molar-refractivity contribution in [3.8, 4) is 11.5 Å². The van der Waals surface area contributed by atoms with Crippen LogP contribution in [0.4, 0.5) is 0 Å². The van der Waals surface area contributed by atoms with Gasteiger partial charge < -0.3 is 19.7 Å². The molecule has 2 aromatic rings. The van der Waals surface area contributed by atoms with Crippen molar-refractivity contribution in [2.75, 3.05) is 34.0 Å². The van der Waals surface area contributed by atoms with Crippen molar-refractivity contribution >= 4 is 62.9 Å². The summed E-state index contributed by atoms with van der Waals surface area (Å²) in [5, 5.41) is 3.14. The summed E-state index contributed by atoms with van der Waals surface area (Å²) in [6, 6.07) is 8.84. The highest BCUT2D eigenvalue weighted by atomic mass is 127. The molecule has 0 radical (unpaired) electrons. The fraction of sp³-hybridized carbons (Fsp3) is 0.353. The summed E-state index contributed by atoms with van der Waals surface area (Å²) in [6.45, 7) is 1.45. The van der Waals surface area contributed by atoms with E-state index in [1.807, 2.05) is 30.1 Å². The summed E-state index contributed by atoms with van der Waals surface area (Å²) in [5.41, 5.74) is 1.05. The van der Waals surface area contributed by atoms with Crippen molar-refractivity contribution in [2.24, 2.45) is 4.99 Å². The van der Waals surface area contributed by atoms with E-state index in [0.717, 1.165) is 28.4 Å². The molecule has 12 heteroatoms. The second-order valence-corrected chi connectivity index (χ2v) is 9.68. The quantitative estimate of drug-likeness (QED) is 0.230. The summed E-state index contributed by atoms with van der Waals surface area (Å²) in [4.78, 5) is 6.17. The fourth-order valence-corrected chi connectivity index (χ4v) is 5.20. The Kier molecular flexibility index (Phi) is 8.82. The van der Waals surface area contributed by atoms with Crippen LogP contribution in [0.1, 0.15) is 5.56 Å². The molecule has 1 aromatic heterocycles. The van der Waals surface area contributed by atoms with Gasteiger partial charge in [-0.25, -0.2) is 13.1 Å². The summed E-state index contributed by atoms with van der Waals surface area (Å²) >= 11 is 6.82. The number of sulfonamides is 1. The normalized spacial score (nSPS) is 13.1. The number of thiophene rings is 1. The minimum absolute atomic E-state index is 0. The summed E-state index contributed by atoms with van der Waals surface area (Å²) in [6.07, 6.45) is 0. The van der Waals surface area contributed by atoms with Crippen LogP contribution in [0.5, 0.6) is 11.5 Å². The molecule has 0 spiro atoms. The van der Waals surface area contributed by atoms with Gasteiger partial charge in [0.25, 0.3) is 0 Å². The number of nitrogens with one attached hydrogen (secondary N) is 2. The molecule has 29 heavy (non-hydrogen) atoms. The molecule has 8 nitrogen and oxygen atoms in total. The highest BCUT2D eigenvalue weighted by Crippen LogP contribution is 2.32. The zero-order valence-corrected chi connectivity index (χ0v) is 20.6. The Balaban J connectivity index is 0.00000300. The van der Waals surface area contributed by atoms with Crippen LogP contribution in [0, 0.1) is 0 Å². The summed E-state index contributed by atoms with van der Waals surface area (Å²) < 4.78 is 38.2. The number of nitrogens with zero attached hydrogens (tertiary/aromatic N) is 2. The third-order valence-electron chi connectivity index (χ3n) is 3.94. The second-order valence-electron chi connectivity index (χ2n) is 5.97. The number of hydrogen-bond donors (Lipinski definition) is 2. The zero-order chi connectivity index (χ0) is 20.1. The van der Waals surface area contributed by atoms with Gasteiger partial charge in [-0.3, -0.25) is 4.99 Å². The van der Waals surface area contributed by atoms with Crippen molar-refractivity contribution in [3.05, 3.63) is 40.2 Å². The van der Waals surface area contributed by atoms with E-state index in [-0.39, 0.29) is 41.5 Å². The average molecular weight is 573 g/mol. The van der Waals surface area contributed by atoms with E-state index in [2.05, 4.69) is 15.0 Å². The number of hydrogen-bond acceptors (Lipinski definition) is 6. The van der Waals surface area contributed by atoms with Gasteiger partial charge in [0.2, 0.25) is 16.8 Å². The van der Waals surface area contributed by atoms with E-state index in [4.69, 9.17) is 21.1 Å². The van der Waals surface area contributed by atoms with Gasteiger partial charge >= 0.3 is 0 Å². The van der Waals surface area contributed by atoms with E-state index in [1.54, 1.807) is 13.1 Å². The number of benzene rings is 1. The Labute approximate surface area is 196 Å². The largest absolute Gasteiger partial charge is 0.454 e. The highest BCUT2D eigenvalue weighted by Gasteiger charge is 2.17. The zero-order valence-electron chi connectivity index (χ0n) is 15.8. The van der Waals surface area contributed by atoms with Gasteiger partial charge in [0.05, 0.1) is 4.34 Å². The van der Waals surface area contributed by atoms with Crippen LogP contribution in [0.15, 0.2) is 39.5 Å². The van der Waals surface area contributed by atoms with Crippen LogP contribution in [0.3, 0.4) is 0 Å². The van der Waals surface area contributed by atoms with Crippen molar-refractivity contribution in [2.45, 2.75) is 10.8 Å². The standard InChI is InChI=1S/C17H21ClN4O4S2.HI/c1-19-17(20-7-8-21-28(23,24)16-6-5-15(18)27-16)22(2)10-12-3-4-13-14(9-12)26-11-25-13;/h3-6,9,21H,7-8,10-11H2,1-2H3,(H,19,20);1H. The molecule has 160 valence electrons. The van der Waals surface area contributed by atoms with E-state index >= 15 is 0 Å². The maximum atomic E-state index is 12.2. The summed E-state index contributed by atoms with van der Waals surface area (Å²) in [7, 11) is 0.0235. The van der Waals surface area contributed by atoms with Crippen LogP contribution in [0.2, 0.25) is 4.34 Å². The van der Waals surface area contributed by atoms with Gasteiger partial charge in [-0.1, -0.05) is 17.7 Å². The number of aliphatic imine (C=N–C) groups is 1. The molecular formula is C17H22ClIN4O4S2. The van der Waals surface area contributed by atoms with Gasteiger partial charge in [-0.2, -0.15) is 0 Å². The van der Waals surface area contributed by atoms with Gasteiger partial charge in [-0.05, 0) is 29.8 Å². The van der Waals surface area contributed by atoms with Gasteiger partial charge in [0.15, 0.2) is 17.5 Å². The lowest BCUT2D eigenvalue weighted by Gasteiger charge is -2.22. The third-order valence-corrected chi connectivity index (χ3v) is 7.13. The van der Waals surface area contributed by atoms with Gasteiger partial charge in [0.1, 0.15) is 4.21 Å². The average Bonchev–Trinajstić information content (AvgIpc) is 3.30. The molecule has 0 fully saturated rings. The predicted octanol–water partition coefficient (Wildman–Crippen LogP) is 2.73. The van der Waals surface area contributed by atoms with Crippen LogP contribution in [0.25, 0.3) is 0 Å². The maximum absolute atomic E-state index is 12.2. The Morgan fingerprint density at radius 1 is 1.24 bits per heavy atom. The van der Waals surface area contributed by atoms with Crippen LogP contribution >= 0.6 is 46.9 Å². The van der Waals surface area contributed by atoms with Crippen LogP contribution in [-0.4, -0.2) is 53.3 Å². The van der Waals surface area contributed by atoms with Crippen LogP contribution in [-0.2, 0) is 16.6 Å².